The molecule has 0 aromatic heterocycles. The maximum Gasteiger partial charge on any atom is 0.191 e. The summed E-state index contributed by atoms with van der Waals surface area (Å²) in [6.07, 6.45) is 3.06. The molecule has 26 heavy (non-hydrogen) atoms. The summed E-state index contributed by atoms with van der Waals surface area (Å²) < 4.78 is 29.1. The molecule has 0 spiro atoms. The van der Waals surface area contributed by atoms with Crippen molar-refractivity contribution in [1.29, 1.82) is 0 Å². The lowest BCUT2D eigenvalue weighted by Crippen LogP contribution is -2.46. The molecule has 0 amide bonds. The van der Waals surface area contributed by atoms with Crippen LogP contribution in [-0.4, -0.2) is 51.1 Å². The van der Waals surface area contributed by atoms with Crippen LogP contribution in [0.5, 0.6) is 5.75 Å². The molecule has 2 fully saturated rings. The molecule has 7 heteroatoms. The first-order chi connectivity index (χ1) is 12.5. The first-order valence-electron chi connectivity index (χ1n) is 9.50. The maximum atomic E-state index is 11.6. The molecule has 0 radical (unpaired) electrons. The summed E-state index contributed by atoms with van der Waals surface area (Å²) in [5, 5.41) is 6.99. The van der Waals surface area contributed by atoms with Gasteiger partial charge < -0.3 is 15.4 Å². The van der Waals surface area contributed by atoms with Crippen LogP contribution in [0.25, 0.3) is 0 Å². The second-order valence-electron chi connectivity index (χ2n) is 7.77. The molecule has 1 aliphatic carbocycles. The molecule has 3 atom stereocenters. The highest BCUT2D eigenvalue weighted by molar-refractivity contribution is 7.91. The molecular formula is C19H27N3O3S. The molecule has 2 aliphatic heterocycles. The van der Waals surface area contributed by atoms with Crippen LogP contribution in [0.3, 0.4) is 0 Å². The fourth-order valence-electron chi connectivity index (χ4n) is 3.71. The van der Waals surface area contributed by atoms with E-state index >= 15 is 0 Å². The van der Waals surface area contributed by atoms with Crippen LogP contribution in [0.4, 0.5) is 0 Å². The van der Waals surface area contributed by atoms with Gasteiger partial charge in [-0.25, -0.2) is 8.42 Å². The predicted molar refractivity (Wildman–Crippen MR) is 102 cm³/mol. The third-order valence-electron chi connectivity index (χ3n) is 5.46. The fourth-order valence-corrected chi connectivity index (χ4v) is 5.56. The molecule has 3 unspecified atom stereocenters. The second kappa shape index (κ2) is 7.10. The minimum Gasteiger partial charge on any atom is -0.493 e. The number of para-hydroxylation sites is 1. The van der Waals surface area contributed by atoms with Crippen LogP contribution in [-0.2, 0) is 9.84 Å². The van der Waals surface area contributed by atoms with E-state index in [2.05, 4.69) is 23.6 Å². The van der Waals surface area contributed by atoms with Gasteiger partial charge in [-0.2, -0.15) is 0 Å². The number of nitrogens with zero attached hydrogens (tertiary/aromatic N) is 1. The van der Waals surface area contributed by atoms with Gasteiger partial charge >= 0.3 is 0 Å². The molecule has 3 aliphatic rings. The van der Waals surface area contributed by atoms with Crippen molar-refractivity contribution in [3.8, 4) is 5.75 Å². The zero-order valence-electron chi connectivity index (χ0n) is 15.1. The Bertz CT molecular complexity index is 789. The Labute approximate surface area is 155 Å². The normalized spacial score (nSPS) is 28.3. The van der Waals surface area contributed by atoms with E-state index in [1.165, 1.54) is 18.4 Å². The smallest absolute Gasteiger partial charge is 0.191 e. The zero-order valence-corrected chi connectivity index (χ0v) is 16.0. The van der Waals surface area contributed by atoms with Crippen LogP contribution in [0, 0.1) is 5.92 Å². The van der Waals surface area contributed by atoms with Crippen LogP contribution < -0.4 is 15.4 Å². The number of nitrogens with one attached hydrogen (secondary N) is 2. The van der Waals surface area contributed by atoms with Crippen molar-refractivity contribution < 1.29 is 13.2 Å². The van der Waals surface area contributed by atoms with Gasteiger partial charge in [-0.1, -0.05) is 18.2 Å². The van der Waals surface area contributed by atoms with Crippen molar-refractivity contribution in [3.63, 3.8) is 0 Å². The number of benzene rings is 1. The summed E-state index contributed by atoms with van der Waals surface area (Å²) in [6, 6.07) is 8.85. The van der Waals surface area contributed by atoms with E-state index < -0.39 is 9.84 Å². The van der Waals surface area contributed by atoms with E-state index in [-0.39, 0.29) is 23.6 Å². The van der Waals surface area contributed by atoms with Gasteiger partial charge in [0, 0.05) is 30.1 Å². The van der Waals surface area contributed by atoms with Gasteiger partial charge in [0.1, 0.15) is 5.75 Å². The molecule has 2 N–H and O–H groups in total. The SMILES string of the molecule is CC(NC(=NCC1CCS(=O)(=O)C1)NC1CC1)C1COc2ccccc21. The molecule has 1 aromatic carbocycles. The number of aliphatic imine (C=N–C) groups is 1. The van der Waals surface area contributed by atoms with Gasteiger partial charge in [0.2, 0.25) is 0 Å². The number of hydrogen-bond acceptors (Lipinski definition) is 4. The summed E-state index contributed by atoms with van der Waals surface area (Å²) in [6.45, 7) is 3.39. The third-order valence-corrected chi connectivity index (χ3v) is 7.29. The molecule has 6 nitrogen and oxygen atoms in total. The summed E-state index contributed by atoms with van der Waals surface area (Å²) in [5.74, 6) is 2.77. The molecule has 4 rings (SSSR count). The minimum absolute atomic E-state index is 0.142. The summed E-state index contributed by atoms with van der Waals surface area (Å²) in [7, 11) is -2.85. The van der Waals surface area contributed by atoms with Crippen molar-refractivity contribution in [2.45, 2.75) is 44.2 Å². The number of ether oxygens (including phenoxy) is 1. The van der Waals surface area contributed by atoms with Crippen LogP contribution in [0.15, 0.2) is 29.3 Å². The number of guanidine groups is 1. The Morgan fingerprint density at radius 3 is 2.85 bits per heavy atom. The van der Waals surface area contributed by atoms with Gasteiger partial charge in [0.15, 0.2) is 15.8 Å². The van der Waals surface area contributed by atoms with Gasteiger partial charge in [0.25, 0.3) is 0 Å². The molecule has 1 aromatic rings. The van der Waals surface area contributed by atoms with E-state index in [1.807, 2.05) is 18.2 Å². The highest BCUT2D eigenvalue weighted by atomic mass is 32.2. The fraction of sp³-hybridized carbons (Fsp3) is 0.632. The zero-order chi connectivity index (χ0) is 18.1. The van der Waals surface area contributed by atoms with E-state index in [9.17, 15) is 8.42 Å². The van der Waals surface area contributed by atoms with Crippen LogP contribution in [0.2, 0.25) is 0 Å². The lowest BCUT2D eigenvalue weighted by molar-refractivity contribution is 0.312. The van der Waals surface area contributed by atoms with Crippen molar-refractivity contribution in [2.75, 3.05) is 24.7 Å². The quantitative estimate of drug-likeness (QED) is 0.603. The molecule has 2 heterocycles. The average Bonchev–Trinajstić information content (AvgIpc) is 3.20. The molecule has 142 valence electrons. The summed E-state index contributed by atoms with van der Waals surface area (Å²) in [4.78, 5) is 4.71. The standard InChI is InChI=1S/C19H27N3O3S/c1-13(17-11-25-18-5-3-2-4-16(17)18)21-19(22-15-6-7-15)20-10-14-8-9-26(23,24)12-14/h2-5,13-15,17H,6-12H2,1H3,(H2,20,21,22). The Morgan fingerprint density at radius 2 is 2.12 bits per heavy atom. The van der Waals surface area contributed by atoms with E-state index in [0.29, 0.717) is 24.9 Å². The molecule has 1 saturated heterocycles. The Balaban J connectivity index is 1.41. The predicted octanol–water partition coefficient (Wildman–Crippen LogP) is 1.68. The van der Waals surface area contributed by atoms with Crippen molar-refractivity contribution in [1.82, 2.24) is 10.6 Å². The first-order valence-corrected chi connectivity index (χ1v) is 11.3. The highest BCUT2D eigenvalue weighted by Crippen LogP contribution is 2.35. The minimum atomic E-state index is -2.85. The van der Waals surface area contributed by atoms with E-state index in [1.54, 1.807) is 0 Å². The number of hydrogen-bond donors (Lipinski definition) is 2. The first kappa shape index (κ1) is 17.6. The van der Waals surface area contributed by atoms with Gasteiger partial charge in [-0.05, 0) is 38.2 Å². The maximum absolute atomic E-state index is 11.6. The van der Waals surface area contributed by atoms with Crippen LogP contribution in [0.1, 0.15) is 37.7 Å². The van der Waals surface area contributed by atoms with E-state index in [0.717, 1.165) is 18.1 Å². The second-order valence-corrected chi connectivity index (χ2v) is 9.99. The average molecular weight is 378 g/mol. The summed E-state index contributed by atoms with van der Waals surface area (Å²) in [5.41, 5.74) is 1.24. The number of rotatable bonds is 5. The Kier molecular flexibility index (Phi) is 4.82. The third kappa shape index (κ3) is 4.14. The van der Waals surface area contributed by atoms with Crippen molar-refractivity contribution in [3.05, 3.63) is 29.8 Å². The number of fused-ring (bicyclic) bond motifs is 1. The van der Waals surface area contributed by atoms with Crippen LogP contribution >= 0.6 is 0 Å². The number of sulfone groups is 1. The van der Waals surface area contributed by atoms with Crippen molar-refractivity contribution in [2.24, 2.45) is 10.9 Å². The molecule has 0 bridgehead atoms. The van der Waals surface area contributed by atoms with Gasteiger partial charge in [-0.3, -0.25) is 4.99 Å². The van der Waals surface area contributed by atoms with Gasteiger partial charge in [-0.15, -0.1) is 0 Å². The largest absolute Gasteiger partial charge is 0.493 e. The monoisotopic (exact) mass is 377 g/mol. The molecule has 1 saturated carbocycles. The van der Waals surface area contributed by atoms with E-state index in [4.69, 9.17) is 9.73 Å². The topological polar surface area (TPSA) is 79.8 Å². The lowest BCUT2D eigenvalue weighted by atomic mass is 9.94. The Morgan fingerprint density at radius 1 is 1.31 bits per heavy atom. The van der Waals surface area contributed by atoms with Gasteiger partial charge in [0.05, 0.1) is 18.1 Å². The molecular weight excluding hydrogens is 350 g/mol. The highest BCUT2D eigenvalue weighted by Gasteiger charge is 2.31. The lowest BCUT2D eigenvalue weighted by Gasteiger charge is -2.23. The Hall–Kier alpha value is -1.76. The van der Waals surface area contributed by atoms with Crippen molar-refractivity contribution >= 4 is 15.8 Å². The summed E-state index contributed by atoms with van der Waals surface area (Å²) >= 11 is 0.